The van der Waals surface area contributed by atoms with Gasteiger partial charge in [-0.05, 0) is 0 Å². The molecule has 0 bridgehead atoms. The Bertz CT molecular complexity index is 277. The number of methoxy groups -OCH3 is 2. The summed E-state index contributed by atoms with van der Waals surface area (Å²) in [7, 11) is 4.57. The molecule has 13 heavy (non-hydrogen) atoms. The van der Waals surface area contributed by atoms with E-state index in [-0.39, 0.29) is 11.5 Å². The normalized spacial score (nSPS) is 9.54. The van der Waals surface area contributed by atoms with Gasteiger partial charge in [-0.25, -0.2) is 0 Å². The predicted octanol–water partition coefficient (Wildman–Crippen LogP) is 1.88. The third kappa shape index (κ3) is 1.83. The van der Waals surface area contributed by atoms with E-state index in [2.05, 4.69) is 5.32 Å². The molecule has 72 valence electrons. The fraction of sp³-hybridized carbons (Fsp3) is 0.333. The Morgan fingerprint density at radius 2 is 1.62 bits per heavy atom. The first-order valence-corrected chi connectivity index (χ1v) is 3.82. The van der Waals surface area contributed by atoms with E-state index in [1.54, 1.807) is 19.2 Å². The Kier molecular flexibility index (Phi) is 2.95. The van der Waals surface area contributed by atoms with Crippen LogP contribution in [0.3, 0.4) is 0 Å². The minimum Gasteiger partial charge on any atom is -0.493 e. The lowest BCUT2D eigenvalue weighted by Gasteiger charge is -2.09. The van der Waals surface area contributed by atoms with Crippen molar-refractivity contribution in [3.05, 3.63) is 17.9 Å². The van der Waals surface area contributed by atoms with Gasteiger partial charge in [0.25, 0.3) is 0 Å². The molecule has 0 spiro atoms. The highest BCUT2D eigenvalue weighted by Crippen LogP contribution is 2.30. The number of ether oxygens (including phenoxy) is 2. The lowest BCUT2D eigenvalue weighted by atomic mass is 10.2. The average Bonchev–Trinajstić information content (AvgIpc) is 2.18. The van der Waals surface area contributed by atoms with Crippen molar-refractivity contribution in [2.45, 2.75) is 0 Å². The molecule has 0 unspecified atom stereocenters. The van der Waals surface area contributed by atoms with E-state index in [0.717, 1.165) is 5.69 Å². The van der Waals surface area contributed by atoms with Crippen molar-refractivity contribution >= 4 is 5.69 Å². The van der Waals surface area contributed by atoms with E-state index in [1.165, 1.54) is 14.2 Å². The van der Waals surface area contributed by atoms with Crippen molar-refractivity contribution < 1.29 is 13.9 Å². The molecular weight excluding hydrogens is 173 g/mol. The molecule has 0 fully saturated rings. The first kappa shape index (κ1) is 9.64. The van der Waals surface area contributed by atoms with Gasteiger partial charge in [-0.2, -0.15) is 4.39 Å². The van der Waals surface area contributed by atoms with E-state index < -0.39 is 5.82 Å². The summed E-state index contributed by atoms with van der Waals surface area (Å²) in [6, 6.07) is 3.13. The topological polar surface area (TPSA) is 30.5 Å². The maximum atomic E-state index is 13.3. The monoisotopic (exact) mass is 185 g/mol. The maximum Gasteiger partial charge on any atom is 0.206 e. The SMILES string of the molecule is CNc1cc(OC)c(F)c(OC)c1. The quantitative estimate of drug-likeness (QED) is 0.780. The fourth-order valence-corrected chi connectivity index (χ4v) is 1.01. The van der Waals surface area contributed by atoms with Gasteiger partial charge in [-0.15, -0.1) is 0 Å². The number of anilines is 1. The molecule has 1 N–H and O–H groups in total. The zero-order valence-corrected chi connectivity index (χ0v) is 7.85. The van der Waals surface area contributed by atoms with Crippen molar-refractivity contribution in [1.29, 1.82) is 0 Å². The van der Waals surface area contributed by atoms with Crippen molar-refractivity contribution in [2.75, 3.05) is 26.6 Å². The van der Waals surface area contributed by atoms with Gasteiger partial charge in [0, 0.05) is 24.9 Å². The molecule has 1 aromatic rings. The van der Waals surface area contributed by atoms with Gasteiger partial charge in [0.15, 0.2) is 11.5 Å². The zero-order valence-electron chi connectivity index (χ0n) is 7.85. The molecule has 0 saturated heterocycles. The van der Waals surface area contributed by atoms with Crippen molar-refractivity contribution in [3.63, 3.8) is 0 Å². The molecule has 0 aliphatic carbocycles. The molecule has 1 rings (SSSR count). The highest BCUT2D eigenvalue weighted by Gasteiger charge is 2.10. The highest BCUT2D eigenvalue weighted by atomic mass is 19.1. The van der Waals surface area contributed by atoms with E-state index in [1.807, 2.05) is 0 Å². The van der Waals surface area contributed by atoms with Crippen LogP contribution in [0.5, 0.6) is 11.5 Å². The molecule has 3 nitrogen and oxygen atoms in total. The van der Waals surface area contributed by atoms with Gasteiger partial charge in [0.1, 0.15) is 0 Å². The molecule has 0 atom stereocenters. The summed E-state index contributed by atoms with van der Waals surface area (Å²) >= 11 is 0. The van der Waals surface area contributed by atoms with Crippen molar-refractivity contribution in [2.24, 2.45) is 0 Å². The number of hydrogen-bond donors (Lipinski definition) is 1. The van der Waals surface area contributed by atoms with Crippen LogP contribution < -0.4 is 14.8 Å². The summed E-state index contributed by atoms with van der Waals surface area (Å²) in [6.07, 6.45) is 0. The lowest BCUT2D eigenvalue weighted by Crippen LogP contribution is -1.96. The molecule has 0 radical (unpaired) electrons. The summed E-state index contributed by atoms with van der Waals surface area (Å²) in [5.74, 6) is -0.142. The molecule has 4 heteroatoms. The van der Waals surface area contributed by atoms with E-state index in [0.29, 0.717) is 0 Å². The summed E-state index contributed by atoms with van der Waals surface area (Å²) in [5.41, 5.74) is 0.745. The van der Waals surface area contributed by atoms with Crippen LogP contribution in [-0.4, -0.2) is 21.3 Å². The van der Waals surface area contributed by atoms with Gasteiger partial charge < -0.3 is 14.8 Å². The Morgan fingerprint density at radius 3 is 1.92 bits per heavy atom. The molecule has 0 heterocycles. The molecule has 0 amide bonds. The Hall–Kier alpha value is -1.45. The van der Waals surface area contributed by atoms with Gasteiger partial charge in [0.05, 0.1) is 14.2 Å². The fourth-order valence-electron chi connectivity index (χ4n) is 1.01. The van der Waals surface area contributed by atoms with Gasteiger partial charge in [-0.1, -0.05) is 0 Å². The Labute approximate surface area is 76.5 Å². The third-order valence-corrected chi connectivity index (χ3v) is 1.73. The standard InChI is InChI=1S/C9H12FNO2/c1-11-6-4-7(12-2)9(10)8(5-6)13-3/h4-5,11H,1-3H3. The second-order valence-corrected chi connectivity index (χ2v) is 2.44. The predicted molar refractivity (Wildman–Crippen MR) is 49.1 cm³/mol. The number of benzene rings is 1. The number of rotatable bonds is 3. The van der Waals surface area contributed by atoms with Crippen LogP contribution >= 0.6 is 0 Å². The first-order chi connectivity index (χ1) is 6.22. The van der Waals surface area contributed by atoms with Crippen LogP contribution in [0.2, 0.25) is 0 Å². The van der Waals surface area contributed by atoms with Gasteiger partial charge in [0.2, 0.25) is 5.82 Å². The van der Waals surface area contributed by atoms with E-state index >= 15 is 0 Å². The first-order valence-electron chi connectivity index (χ1n) is 3.82. The van der Waals surface area contributed by atoms with Gasteiger partial charge in [-0.3, -0.25) is 0 Å². The molecule has 0 saturated carbocycles. The average molecular weight is 185 g/mol. The van der Waals surface area contributed by atoms with Crippen molar-refractivity contribution in [3.8, 4) is 11.5 Å². The van der Waals surface area contributed by atoms with Crippen LogP contribution in [0.4, 0.5) is 10.1 Å². The van der Waals surface area contributed by atoms with E-state index in [4.69, 9.17) is 9.47 Å². The second-order valence-electron chi connectivity index (χ2n) is 2.44. The lowest BCUT2D eigenvalue weighted by molar-refractivity contribution is 0.351. The maximum absolute atomic E-state index is 13.3. The van der Waals surface area contributed by atoms with Crippen LogP contribution in [0.25, 0.3) is 0 Å². The minimum atomic E-state index is -0.482. The highest BCUT2D eigenvalue weighted by molar-refractivity contribution is 5.54. The van der Waals surface area contributed by atoms with E-state index in [9.17, 15) is 4.39 Å². The smallest absolute Gasteiger partial charge is 0.206 e. The van der Waals surface area contributed by atoms with Crippen LogP contribution in [0.15, 0.2) is 12.1 Å². The van der Waals surface area contributed by atoms with Crippen molar-refractivity contribution in [1.82, 2.24) is 0 Å². The number of halogens is 1. The van der Waals surface area contributed by atoms with Crippen LogP contribution in [0.1, 0.15) is 0 Å². The summed E-state index contributed by atoms with van der Waals surface area (Å²) in [4.78, 5) is 0. The minimum absolute atomic E-state index is 0.170. The zero-order chi connectivity index (χ0) is 9.84. The molecule has 1 aromatic carbocycles. The number of nitrogens with one attached hydrogen (secondary N) is 1. The Balaban J connectivity index is 3.20. The number of hydrogen-bond acceptors (Lipinski definition) is 3. The summed E-state index contributed by atoms with van der Waals surface area (Å²) in [5, 5.41) is 2.88. The van der Waals surface area contributed by atoms with Gasteiger partial charge >= 0.3 is 0 Å². The molecule has 0 aliphatic heterocycles. The summed E-state index contributed by atoms with van der Waals surface area (Å²) < 4.78 is 23.0. The van der Waals surface area contributed by atoms with Crippen LogP contribution in [0, 0.1) is 5.82 Å². The van der Waals surface area contributed by atoms with Crippen LogP contribution in [-0.2, 0) is 0 Å². The molecule has 0 aromatic heterocycles. The Morgan fingerprint density at radius 1 is 1.15 bits per heavy atom. The third-order valence-electron chi connectivity index (χ3n) is 1.73. The molecular formula is C9H12FNO2. The largest absolute Gasteiger partial charge is 0.493 e. The summed E-state index contributed by atoms with van der Waals surface area (Å²) in [6.45, 7) is 0. The second kappa shape index (κ2) is 3.98. The molecule has 0 aliphatic rings.